The third-order valence-electron chi connectivity index (χ3n) is 3.95. The minimum atomic E-state index is -0.604. The Morgan fingerprint density at radius 2 is 2.04 bits per heavy atom. The molecule has 1 aliphatic carbocycles. The zero-order chi connectivity index (χ0) is 16.4. The number of carbonyl (C=O) groups excluding carboxylic acids is 1. The summed E-state index contributed by atoms with van der Waals surface area (Å²) in [6.07, 6.45) is 1.56. The van der Waals surface area contributed by atoms with Gasteiger partial charge in [-0.05, 0) is 23.3 Å². The van der Waals surface area contributed by atoms with E-state index in [2.05, 4.69) is 15.6 Å². The number of aliphatic hydroxyl groups excluding tert-OH is 1. The first-order valence-corrected chi connectivity index (χ1v) is 7.51. The van der Waals surface area contributed by atoms with Gasteiger partial charge in [0, 0.05) is 20.5 Å². The van der Waals surface area contributed by atoms with Crippen molar-refractivity contribution in [3.05, 3.63) is 53.7 Å². The number of hydrogen-bond acceptors (Lipinski definition) is 4. The molecule has 0 saturated heterocycles. The SMILES string of the molecule is CN(C)c1ccc(NC(=O)N[C@H]2c3ccccc3C[C@H]2O)cn1. The summed E-state index contributed by atoms with van der Waals surface area (Å²) in [5, 5.41) is 15.7. The van der Waals surface area contributed by atoms with Gasteiger partial charge in [0.2, 0.25) is 0 Å². The third kappa shape index (κ3) is 3.27. The molecule has 2 amide bonds. The van der Waals surface area contributed by atoms with Gasteiger partial charge in [-0.15, -0.1) is 0 Å². The van der Waals surface area contributed by atoms with Crippen molar-refractivity contribution in [2.75, 3.05) is 24.3 Å². The van der Waals surface area contributed by atoms with E-state index >= 15 is 0 Å². The predicted molar refractivity (Wildman–Crippen MR) is 89.6 cm³/mol. The molecule has 0 bridgehead atoms. The minimum Gasteiger partial charge on any atom is -0.390 e. The summed E-state index contributed by atoms with van der Waals surface area (Å²) in [5.41, 5.74) is 2.65. The number of nitrogens with zero attached hydrogens (tertiary/aromatic N) is 2. The number of pyridine rings is 1. The average molecular weight is 312 g/mol. The molecule has 6 heteroatoms. The lowest BCUT2D eigenvalue weighted by Crippen LogP contribution is -2.36. The van der Waals surface area contributed by atoms with Crippen LogP contribution in [0.4, 0.5) is 16.3 Å². The quantitative estimate of drug-likeness (QED) is 0.809. The van der Waals surface area contributed by atoms with Gasteiger partial charge in [-0.3, -0.25) is 0 Å². The highest BCUT2D eigenvalue weighted by Gasteiger charge is 2.31. The fourth-order valence-corrected chi connectivity index (χ4v) is 2.78. The summed E-state index contributed by atoms with van der Waals surface area (Å²) in [4.78, 5) is 18.3. The van der Waals surface area contributed by atoms with Gasteiger partial charge in [0.15, 0.2) is 0 Å². The maximum absolute atomic E-state index is 12.2. The van der Waals surface area contributed by atoms with Gasteiger partial charge in [0.1, 0.15) is 5.82 Å². The number of aliphatic hydroxyl groups is 1. The van der Waals surface area contributed by atoms with Gasteiger partial charge in [-0.1, -0.05) is 24.3 Å². The van der Waals surface area contributed by atoms with Crippen LogP contribution in [0.25, 0.3) is 0 Å². The molecule has 6 nitrogen and oxygen atoms in total. The number of anilines is 2. The minimum absolute atomic E-state index is 0.356. The maximum atomic E-state index is 12.2. The average Bonchev–Trinajstić information content (AvgIpc) is 2.84. The normalized spacial score (nSPS) is 19.1. The topological polar surface area (TPSA) is 77.5 Å². The summed E-state index contributed by atoms with van der Waals surface area (Å²) in [7, 11) is 3.81. The molecule has 1 aliphatic rings. The lowest BCUT2D eigenvalue weighted by molar-refractivity contribution is 0.144. The van der Waals surface area contributed by atoms with Crippen LogP contribution in [0.1, 0.15) is 17.2 Å². The fourth-order valence-electron chi connectivity index (χ4n) is 2.78. The van der Waals surface area contributed by atoms with E-state index in [4.69, 9.17) is 0 Å². The Morgan fingerprint density at radius 1 is 1.26 bits per heavy atom. The first-order chi connectivity index (χ1) is 11.0. The van der Waals surface area contributed by atoms with E-state index in [1.54, 1.807) is 12.3 Å². The van der Waals surface area contributed by atoms with Crippen LogP contribution in [0.15, 0.2) is 42.6 Å². The number of benzene rings is 1. The fraction of sp³-hybridized carbons (Fsp3) is 0.294. The van der Waals surface area contributed by atoms with E-state index in [0.29, 0.717) is 12.1 Å². The van der Waals surface area contributed by atoms with Crippen LogP contribution in [-0.4, -0.2) is 36.3 Å². The van der Waals surface area contributed by atoms with Crippen molar-refractivity contribution in [1.29, 1.82) is 0 Å². The van der Waals surface area contributed by atoms with E-state index in [0.717, 1.165) is 16.9 Å². The Kier molecular flexibility index (Phi) is 4.16. The maximum Gasteiger partial charge on any atom is 0.319 e. The number of hydrogen-bond donors (Lipinski definition) is 3. The molecule has 0 spiro atoms. The second-order valence-electron chi connectivity index (χ2n) is 5.85. The lowest BCUT2D eigenvalue weighted by atomic mass is 10.1. The Labute approximate surface area is 135 Å². The molecule has 23 heavy (non-hydrogen) atoms. The predicted octanol–water partition coefficient (Wildman–Crippen LogP) is 1.93. The smallest absolute Gasteiger partial charge is 0.319 e. The lowest BCUT2D eigenvalue weighted by Gasteiger charge is -2.18. The molecular formula is C17H20N4O2. The highest BCUT2D eigenvalue weighted by atomic mass is 16.3. The molecule has 0 saturated carbocycles. The molecule has 0 fully saturated rings. The molecule has 2 atom stereocenters. The largest absolute Gasteiger partial charge is 0.390 e. The zero-order valence-corrected chi connectivity index (χ0v) is 13.2. The molecule has 1 heterocycles. The van der Waals surface area contributed by atoms with Crippen LogP contribution in [0, 0.1) is 0 Å². The number of nitrogens with one attached hydrogen (secondary N) is 2. The van der Waals surface area contributed by atoms with Gasteiger partial charge in [0.05, 0.1) is 24.0 Å². The van der Waals surface area contributed by atoms with Crippen molar-refractivity contribution in [1.82, 2.24) is 10.3 Å². The van der Waals surface area contributed by atoms with Crippen molar-refractivity contribution in [2.24, 2.45) is 0 Å². The van der Waals surface area contributed by atoms with Crippen LogP contribution in [0.2, 0.25) is 0 Å². The summed E-state index contributed by atoms with van der Waals surface area (Å²) in [6.45, 7) is 0. The number of rotatable bonds is 3. The molecule has 1 aromatic heterocycles. The van der Waals surface area contributed by atoms with Gasteiger partial charge in [0.25, 0.3) is 0 Å². The summed E-state index contributed by atoms with van der Waals surface area (Å²) in [5.74, 6) is 0.816. The van der Waals surface area contributed by atoms with Crippen LogP contribution >= 0.6 is 0 Å². The first-order valence-electron chi connectivity index (χ1n) is 7.51. The van der Waals surface area contributed by atoms with E-state index < -0.39 is 6.10 Å². The van der Waals surface area contributed by atoms with Crippen LogP contribution in [0.5, 0.6) is 0 Å². The standard InChI is InChI=1S/C17H20N4O2/c1-21(2)15-8-7-12(10-18-15)19-17(23)20-16-13-6-4-3-5-11(13)9-14(16)22/h3-8,10,14,16,22H,9H2,1-2H3,(H2,19,20,23)/t14-,16+/m1/s1. The molecular weight excluding hydrogens is 292 g/mol. The Hall–Kier alpha value is -2.60. The van der Waals surface area contributed by atoms with E-state index in [-0.39, 0.29) is 12.1 Å². The Balaban J connectivity index is 1.66. The number of amides is 2. The van der Waals surface area contributed by atoms with E-state index in [9.17, 15) is 9.90 Å². The van der Waals surface area contributed by atoms with E-state index in [1.807, 2.05) is 49.3 Å². The van der Waals surface area contributed by atoms with Gasteiger partial charge in [-0.25, -0.2) is 9.78 Å². The van der Waals surface area contributed by atoms with Crippen molar-refractivity contribution >= 4 is 17.5 Å². The Bertz CT molecular complexity index is 700. The van der Waals surface area contributed by atoms with Crippen molar-refractivity contribution in [2.45, 2.75) is 18.6 Å². The summed E-state index contributed by atoms with van der Waals surface area (Å²) in [6, 6.07) is 10.6. The molecule has 1 aromatic carbocycles. The number of carbonyl (C=O) groups is 1. The first kappa shape index (κ1) is 15.3. The second-order valence-corrected chi connectivity index (χ2v) is 5.85. The second kappa shape index (κ2) is 6.26. The summed E-state index contributed by atoms with van der Waals surface area (Å²) < 4.78 is 0. The molecule has 0 aliphatic heterocycles. The number of urea groups is 1. The molecule has 0 unspecified atom stereocenters. The molecule has 3 rings (SSSR count). The van der Waals surface area contributed by atoms with Crippen molar-refractivity contribution in [3.8, 4) is 0 Å². The number of fused-ring (bicyclic) bond motifs is 1. The van der Waals surface area contributed by atoms with Crippen LogP contribution in [-0.2, 0) is 6.42 Å². The zero-order valence-electron chi connectivity index (χ0n) is 13.2. The van der Waals surface area contributed by atoms with Crippen molar-refractivity contribution in [3.63, 3.8) is 0 Å². The summed E-state index contributed by atoms with van der Waals surface area (Å²) >= 11 is 0. The molecule has 120 valence electrons. The highest BCUT2D eigenvalue weighted by molar-refractivity contribution is 5.89. The van der Waals surface area contributed by atoms with Gasteiger partial charge in [-0.2, -0.15) is 0 Å². The monoisotopic (exact) mass is 312 g/mol. The van der Waals surface area contributed by atoms with Crippen molar-refractivity contribution < 1.29 is 9.90 Å². The van der Waals surface area contributed by atoms with Gasteiger partial charge >= 0.3 is 6.03 Å². The molecule has 2 aromatic rings. The highest BCUT2D eigenvalue weighted by Crippen LogP contribution is 2.31. The van der Waals surface area contributed by atoms with E-state index in [1.165, 1.54) is 0 Å². The third-order valence-corrected chi connectivity index (χ3v) is 3.95. The molecule has 0 radical (unpaired) electrons. The Morgan fingerprint density at radius 3 is 2.74 bits per heavy atom. The van der Waals surface area contributed by atoms with Crippen LogP contribution < -0.4 is 15.5 Å². The van der Waals surface area contributed by atoms with Gasteiger partial charge < -0.3 is 20.6 Å². The van der Waals surface area contributed by atoms with Crippen LogP contribution in [0.3, 0.4) is 0 Å². The number of aromatic nitrogens is 1. The molecule has 3 N–H and O–H groups in total.